The van der Waals surface area contributed by atoms with Crippen molar-refractivity contribution in [1.29, 1.82) is 0 Å². The smallest absolute Gasteiger partial charge is 0.248 e. The van der Waals surface area contributed by atoms with Crippen molar-refractivity contribution in [2.45, 2.75) is 0 Å². The van der Waals surface area contributed by atoms with Crippen LogP contribution in [0.25, 0.3) is 0 Å². The van der Waals surface area contributed by atoms with Gasteiger partial charge in [-0.05, 0) is 23.6 Å². The van der Waals surface area contributed by atoms with Crippen LogP contribution in [-0.2, 0) is 0 Å². The Hall–Kier alpha value is -1.94. The summed E-state index contributed by atoms with van der Waals surface area (Å²) in [5, 5.41) is 3.62. The summed E-state index contributed by atoms with van der Waals surface area (Å²) < 4.78 is 0. The van der Waals surface area contributed by atoms with E-state index in [0.29, 0.717) is 16.7 Å². The first-order chi connectivity index (χ1) is 7.68. The van der Waals surface area contributed by atoms with Gasteiger partial charge in [0.05, 0.1) is 0 Å². The largest absolute Gasteiger partial charge is 0.366 e. The van der Waals surface area contributed by atoms with Gasteiger partial charge in [-0.15, -0.1) is 0 Å². The van der Waals surface area contributed by atoms with Crippen molar-refractivity contribution in [3.05, 3.63) is 57.8 Å². The van der Waals surface area contributed by atoms with Crippen LogP contribution in [0.15, 0.2) is 41.1 Å². The molecule has 2 rings (SSSR count). The Kier molecular flexibility index (Phi) is 2.83. The molecule has 2 N–H and O–H groups in total. The third-order valence-corrected chi connectivity index (χ3v) is 2.88. The van der Waals surface area contributed by atoms with Gasteiger partial charge in [0.1, 0.15) is 0 Å². The summed E-state index contributed by atoms with van der Waals surface area (Å²) in [4.78, 5) is 22.9. The molecule has 2 aromatic rings. The second kappa shape index (κ2) is 4.28. The molecule has 0 saturated carbocycles. The zero-order chi connectivity index (χ0) is 11.5. The Morgan fingerprint density at radius 3 is 2.44 bits per heavy atom. The number of carbonyl (C=O) groups is 2. The van der Waals surface area contributed by atoms with E-state index in [0.717, 1.165) is 0 Å². The molecule has 0 aliphatic heterocycles. The summed E-state index contributed by atoms with van der Waals surface area (Å²) in [6.07, 6.45) is 0. The summed E-state index contributed by atoms with van der Waals surface area (Å²) in [5.74, 6) is -0.621. The predicted octanol–water partition coefficient (Wildman–Crippen LogP) is 2.08. The van der Waals surface area contributed by atoms with Crippen LogP contribution < -0.4 is 5.73 Å². The fraction of sp³-hybridized carbons (Fsp3) is 0. The highest BCUT2D eigenvalue weighted by atomic mass is 32.1. The van der Waals surface area contributed by atoms with Gasteiger partial charge in [0.15, 0.2) is 5.78 Å². The van der Waals surface area contributed by atoms with Crippen molar-refractivity contribution >= 4 is 23.0 Å². The number of primary amides is 1. The summed E-state index contributed by atoms with van der Waals surface area (Å²) in [7, 11) is 0. The molecule has 0 aliphatic rings. The quantitative estimate of drug-likeness (QED) is 0.822. The normalized spacial score (nSPS) is 10.0. The van der Waals surface area contributed by atoms with Crippen LogP contribution in [0.3, 0.4) is 0 Å². The molecule has 16 heavy (non-hydrogen) atoms. The fourth-order valence-electron chi connectivity index (χ4n) is 1.37. The molecule has 0 spiro atoms. The van der Waals surface area contributed by atoms with Crippen LogP contribution in [-0.4, -0.2) is 11.7 Å². The molecular formula is C12H9NO2S. The number of ketones is 1. The average molecular weight is 231 g/mol. The number of carbonyl (C=O) groups excluding carboxylic acids is 2. The molecular weight excluding hydrogens is 222 g/mol. The molecule has 0 bridgehead atoms. The molecule has 4 heteroatoms. The highest BCUT2D eigenvalue weighted by Crippen LogP contribution is 2.14. The summed E-state index contributed by atoms with van der Waals surface area (Å²) >= 11 is 1.46. The first kappa shape index (κ1) is 10.6. The number of hydrogen-bond donors (Lipinski definition) is 1. The Balaban J connectivity index is 2.38. The van der Waals surface area contributed by atoms with E-state index in [4.69, 9.17) is 5.73 Å². The molecule has 0 aliphatic carbocycles. The van der Waals surface area contributed by atoms with E-state index < -0.39 is 5.91 Å². The molecule has 0 radical (unpaired) electrons. The Labute approximate surface area is 96.5 Å². The van der Waals surface area contributed by atoms with Gasteiger partial charge in [0.2, 0.25) is 5.91 Å². The first-order valence-corrected chi connectivity index (χ1v) is 5.59. The van der Waals surface area contributed by atoms with Gasteiger partial charge >= 0.3 is 0 Å². The average Bonchev–Trinajstić information content (AvgIpc) is 2.81. The maximum atomic E-state index is 11.9. The molecule has 1 heterocycles. The Morgan fingerprint density at radius 1 is 1.06 bits per heavy atom. The Morgan fingerprint density at radius 2 is 1.81 bits per heavy atom. The minimum absolute atomic E-state index is 0.0932. The number of rotatable bonds is 3. The van der Waals surface area contributed by atoms with Crippen molar-refractivity contribution in [3.8, 4) is 0 Å². The second-order valence-corrected chi connectivity index (χ2v) is 4.07. The van der Waals surface area contributed by atoms with Crippen LogP contribution >= 0.6 is 11.3 Å². The molecule has 3 nitrogen and oxygen atoms in total. The van der Waals surface area contributed by atoms with E-state index in [2.05, 4.69) is 0 Å². The lowest BCUT2D eigenvalue weighted by Crippen LogP contribution is -2.12. The van der Waals surface area contributed by atoms with Gasteiger partial charge in [-0.2, -0.15) is 11.3 Å². The fourth-order valence-corrected chi connectivity index (χ4v) is 2.01. The molecule has 0 fully saturated rings. The standard InChI is InChI=1S/C12H9NO2S/c13-12(15)9-3-1-2-8(6-9)11(14)10-4-5-16-7-10/h1-7H,(H2,13,15). The van der Waals surface area contributed by atoms with E-state index in [1.54, 1.807) is 29.6 Å². The van der Waals surface area contributed by atoms with Crippen molar-refractivity contribution in [2.24, 2.45) is 5.73 Å². The zero-order valence-electron chi connectivity index (χ0n) is 8.34. The molecule has 1 aromatic heterocycles. The number of hydrogen-bond acceptors (Lipinski definition) is 3. The number of amides is 1. The zero-order valence-corrected chi connectivity index (χ0v) is 9.16. The van der Waals surface area contributed by atoms with Gasteiger partial charge in [0.25, 0.3) is 0 Å². The maximum absolute atomic E-state index is 11.9. The lowest BCUT2D eigenvalue weighted by Gasteiger charge is -2.00. The van der Waals surface area contributed by atoms with Crippen LogP contribution in [0, 0.1) is 0 Å². The van der Waals surface area contributed by atoms with Crippen LogP contribution in [0.2, 0.25) is 0 Å². The van der Waals surface area contributed by atoms with Gasteiger partial charge in [-0.1, -0.05) is 12.1 Å². The summed E-state index contributed by atoms with van der Waals surface area (Å²) in [6, 6.07) is 8.19. The third-order valence-electron chi connectivity index (χ3n) is 2.19. The lowest BCUT2D eigenvalue weighted by molar-refractivity contribution is 0.1000. The van der Waals surface area contributed by atoms with Gasteiger partial charge < -0.3 is 5.73 Å². The van der Waals surface area contributed by atoms with E-state index in [9.17, 15) is 9.59 Å². The second-order valence-electron chi connectivity index (χ2n) is 3.29. The van der Waals surface area contributed by atoms with E-state index in [-0.39, 0.29) is 5.78 Å². The van der Waals surface area contributed by atoms with Gasteiger partial charge in [0, 0.05) is 22.1 Å². The third kappa shape index (κ3) is 2.01. The molecule has 0 unspecified atom stereocenters. The van der Waals surface area contributed by atoms with Crippen LogP contribution in [0.1, 0.15) is 26.3 Å². The molecule has 80 valence electrons. The van der Waals surface area contributed by atoms with E-state index in [1.807, 2.05) is 5.38 Å². The van der Waals surface area contributed by atoms with Crippen LogP contribution in [0.5, 0.6) is 0 Å². The number of thiophene rings is 1. The minimum atomic E-state index is -0.528. The Bertz CT molecular complexity index is 532. The molecule has 0 saturated heterocycles. The molecule has 1 aromatic carbocycles. The van der Waals surface area contributed by atoms with Gasteiger partial charge in [-0.3, -0.25) is 9.59 Å². The summed E-state index contributed by atoms with van der Waals surface area (Å²) in [6.45, 7) is 0. The minimum Gasteiger partial charge on any atom is -0.366 e. The molecule has 0 atom stereocenters. The number of benzene rings is 1. The van der Waals surface area contributed by atoms with E-state index in [1.165, 1.54) is 17.4 Å². The maximum Gasteiger partial charge on any atom is 0.248 e. The topological polar surface area (TPSA) is 60.2 Å². The van der Waals surface area contributed by atoms with Gasteiger partial charge in [-0.25, -0.2) is 0 Å². The van der Waals surface area contributed by atoms with E-state index >= 15 is 0 Å². The molecule has 1 amide bonds. The monoisotopic (exact) mass is 231 g/mol. The predicted molar refractivity (Wildman–Crippen MR) is 62.7 cm³/mol. The highest BCUT2D eigenvalue weighted by molar-refractivity contribution is 7.08. The van der Waals surface area contributed by atoms with Crippen molar-refractivity contribution in [1.82, 2.24) is 0 Å². The van der Waals surface area contributed by atoms with Crippen molar-refractivity contribution in [2.75, 3.05) is 0 Å². The SMILES string of the molecule is NC(=O)c1cccc(C(=O)c2ccsc2)c1. The summed E-state index contributed by atoms with van der Waals surface area (Å²) in [5.41, 5.74) is 6.61. The number of nitrogens with two attached hydrogens (primary N) is 1. The van der Waals surface area contributed by atoms with Crippen LogP contribution in [0.4, 0.5) is 0 Å². The van der Waals surface area contributed by atoms with Crippen molar-refractivity contribution < 1.29 is 9.59 Å². The lowest BCUT2D eigenvalue weighted by atomic mass is 10.0. The highest BCUT2D eigenvalue weighted by Gasteiger charge is 2.10. The van der Waals surface area contributed by atoms with Crippen molar-refractivity contribution in [3.63, 3.8) is 0 Å². The first-order valence-electron chi connectivity index (χ1n) is 4.65.